The first-order valence-electron chi connectivity index (χ1n) is 7.61. The van der Waals surface area contributed by atoms with E-state index >= 15 is 0 Å². The third-order valence-electron chi connectivity index (χ3n) is 3.90. The molecule has 17 heavy (non-hydrogen) atoms. The lowest BCUT2D eigenvalue weighted by Crippen LogP contribution is -2.26. The van der Waals surface area contributed by atoms with Crippen LogP contribution in [0, 0.1) is 5.92 Å². The molecule has 0 aromatic heterocycles. The monoisotopic (exact) mass is 238 g/mol. The summed E-state index contributed by atoms with van der Waals surface area (Å²) < 4.78 is 6.10. The first-order chi connectivity index (χ1) is 8.38. The Labute approximate surface area is 108 Å². The molecule has 0 aliphatic heterocycles. The fraction of sp³-hybridized carbons (Fsp3) is 0.875. The van der Waals surface area contributed by atoms with E-state index in [2.05, 4.69) is 13.5 Å². The van der Waals surface area contributed by atoms with Crippen LogP contribution in [0.3, 0.4) is 0 Å². The number of hydrogen-bond donors (Lipinski definition) is 0. The van der Waals surface area contributed by atoms with Crippen LogP contribution in [0.5, 0.6) is 0 Å². The Bertz CT molecular complexity index is 182. The van der Waals surface area contributed by atoms with Crippen LogP contribution in [-0.4, -0.2) is 12.7 Å². The molecule has 1 fully saturated rings. The molecule has 1 aliphatic carbocycles. The van der Waals surface area contributed by atoms with Gasteiger partial charge in [0.05, 0.1) is 6.10 Å². The summed E-state index contributed by atoms with van der Waals surface area (Å²) in [5.41, 5.74) is 0. The van der Waals surface area contributed by atoms with Gasteiger partial charge in [-0.05, 0) is 31.6 Å². The molecule has 1 saturated carbocycles. The summed E-state index contributed by atoms with van der Waals surface area (Å²) in [5, 5.41) is 0. The minimum absolute atomic E-state index is 0.453. The Morgan fingerprint density at radius 2 is 1.94 bits per heavy atom. The van der Waals surface area contributed by atoms with Gasteiger partial charge in [-0.25, -0.2) is 0 Å². The molecule has 0 aromatic carbocycles. The minimum atomic E-state index is 0.453. The van der Waals surface area contributed by atoms with E-state index in [9.17, 15) is 0 Å². The SMILES string of the molecule is C=CCC(OCCCCCC)C1CCCCC1. The molecule has 1 heteroatoms. The quantitative estimate of drug-likeness (QED) is 0.401. The first-order valence-corrected chi connectivity index (χ1v) is 7.61. The van der Waals surface area contributed by atoms with Crippen LogP contribution in [0.4, 0.5) is 0 Å². The lowest BCUT2D eigenvalue weighted by Gasteiger charge is -2.29. The molecule has 0 aromatic rings. The molecule has 1 unspecified atom stereocenters. The summed E-state index contributed by atoms with van der Waals surface area (Å²) in [5.74, 6) is 0.799. The van der Waals surface area contributed by atoms with Crippen molar-refractivity contribution in [1.82, 2.24) is 0 Å². The van der Waals surface area contributed by atoms with Crippen LogP contribution in [0.1, 0.15) is 71.1 Å². The summed E-state index contributed by atoms with van der Waals surface area (Å²) in [6.45, 7) is 7.08. The predicted octanol–water partition coefficient (Wildman–Crippen LogP) is 5.11. The number of unbranched alkanes of at least 4 members (excludes halogenated alkanes) is 3. The van der Waals surface area contributed by atoms with Crippen molar-refractivity contribution >= 4 is 0 Å². The zero-order chi connectivity index (χ0) is 12.3. The second-order valence-corrected chi connectivity index (χ2v) is 5.39. The van der Waals surface area contributed by atoms with Gasteiger partial charge in [0.15, 0.2) is 0 Å². The molecule has 0 saturated heterocycles. The summed E-state index contributed by atoms with van der Waals surface area (Å²) in [4.78, 5) is 0. The summed E-state index contributed by atoms with van der Waals surface area (Å²) in [6.07, 6.45) is 15.7. The fourth-order valence-corrected chi connectivity index (χ4v) is 2.83. The van der Waals surface area contributed by atoms with Crippen LogP contribution in [0.2, 0.25) is 0 Å². The van der Waals surface area contributed by atoms with Crippen LogP contribution in [-0.2, 0) is 4.74 Å². The van der Waals surface area contributed by atoms with Crippen LogP contribution >= 0.6 is 0 Å². The first kappa shape index (κ1) is 14.8. The van der Waals surface area contributed by atoms with Gasteiger partial charge in [-0.15, -0.1) is 6.58 Å². The van der Waals surface area contributed by atoms with Gasteiger partial charge in [0.25, 0.3) is 0 Å². The van der Waals surface area contributed by atoms with Gasteiger partial charge in [-0.3, -0.25) is 0 Å². The maximum absolute atomic E-state index is 6.10. The molecular weight excluding hydrogens is 208 g/mol. The second kappa shape index (κ2) is 9.70. The lowest BCUT2D eigenvalue weighted by atomic mass is 9.84. The Morgan fingerprint density at radius 3 is 2.59 bits per heavy atom. The highest BCUT2D eigenvalue weighted by molar-refractivity contribution is 4.81. The zero-order valence-electron chi connectivity index (χ0n) is 11.6. The smallest absolute Gasteiger partial charge is 0.0637 e. The van der Waals surface area contributed by atoms with Gasteiger partial charge in [-0.1, -0.05) is 51.5 Å². The van der Waals surface area contributed by atoms with E-state index in [1.165, 1.54) is 57.8 Å². The van der Waals surface area contributed by atoms with E-state index in [4.69, 9.17) is 4.74 Å². The molecule has 1 aliphatic rings. The molecule has 0 bridgehead atoms. The topological polar surface area (TPSA) is 9.23 Å². The lowest BCUT2D eigenvalue weighted by molar-refractivity contribution is 0.000780. The third-order valence-corrected chi connectivity index (χ3v) is 3.90. The molecule has 1 atom stereocenters. The van der Waals surface area contributed by atoms with Crippen molar-refractivity contribution in [3.8, 4) is 0 Å². The molecule has 0 N–H and O–H groups in total. The maximum Gasteiger partial charge on any atom is 0.0637 e. The highest BCUT2D eigenvalue weighted by Crippen LogP contribution is 2.29. The molecular formula is C16H30O. The Hall–Kier alpha value is -0.300. The average molecular weight is 238 g/mol. The number of rotatable bonds is 9. The van der Waals surface area contributed by atoms with Crippen molar-refractivity contribution in [3.63, 3.8) is 0 Å². The summed E-state index contributed by atoms with van der Waals surface area (Å²) >= 11 is 0. The van der Waals surface area contributed by atoms with Gasteiger partial charge in [-0.2, -0.15) is 0 Å². The van der Waals surface area contributed by atoms with Gasteiger partial charge in [0.2, 0.25) is 0 Å². The number of ether oxygens (including phenoxy) is 1. The molecule has 1 nitrogen and oxygen atoms in total. The Morgan fingerprint density at radius 1 is 1.18 bits per heavy atom. The van der Waals surface area contributed by atoms with E-state index in [1.807, 2.05) is 6.08 Å². The van der Waals surface area contributed by atoms with Crippen molar-refractivity contribution in [2.75, 3.05) is 6.61 Å². The maximum atomic E-state index is 6.10. The molecule has 0 amide bonds. The van der Waals surface area contributed by atoms with E-state index < -0.39 is 0 Å². The Balaban J connectivity index is 2.19. The molecule has 100 valence electrons. The third kappa shape index (κ3) is 6.26. The highest BCUT2D eigenvalue weighted by Gasteiger charge is 2.22. The van der Waals surface area contributed by atoms with E-state index in [0.29, 0.717) is 6.10 Å². The van der Waals surface area contributed by atoms with Crippen molar-refractivity contribution < 1.29 is 4.74 Å². The van der Waals surface area contributed by atoms with Crippen molar-refractivity contribution in [2.45, 2.75) is 77.2 Å². The standard InChI is InChI=1S/C16H30O/c1-3-5-6-10-14-17-16(11-4-2)15-12-8-7-9-13-15/h4,15-16H,2-3,5-14H2,1H3. The average Bonchev–Trinajstić information content (AvgIpc) is 2.38. The molecule has 0 radical (unpaired) electrons. The van der Waals surface area contributed by atoms with Crippen molar-refractivity contribution in [1.29, 1.82) is 0 Å². The zero-order valence-corrected chi connectivity index (χ0v) is 11.6. The molecule has 0 spiro atoms. The fourth-order valence-electron chi connectivity index (χ4n) is 2.83. The van der Waals surface area contributed by atoms with Crippen LogP contribution in [0.25, 0.3) is 0 Å². The summed E-state index contributed by atoms with van der Waals surface area (Å²) in [7, 11) is 0. The normalized spacial score (nSPS) is 19.1. The molecule has 1 rings (SSSR count). The largest absolute Gasteiger partial charge is 0.378 e. The Kier molecular flexibility index (Phi) is 8.42. The highest BCUT2D eigenvalue weighted by atomic mass is 16.5. The van der Waals surface area contributed by atoms with Crippen molar-refractivity contribution in [2.24, 2.45) is 5.92 Å². The minimum Gasteiger partial charge on any atom is -0.378 e. The van der Waals surface area contributed by atoms with E-state index in [0.717, 1.165) is 18.9 Å². The second-order valence-electron chi connectivity index (χ2n) is 5.39. The van der Waals surface area contributed by atoms with Gasteiger partial charge < -0.3 is 4.74 Å². The predicted molar refractivity (Wildman–Crippen MR) is 75.3 cm³/mol. The van der Waals surface area contributed by atoms with Crippen LogP contribution in [0.15, 0.2) is 12.7 Å². The summed E-state index contributed by atoms with van der Waals surface area (Å²) in [6, 6.07) is 0. The molecule has 0 heterocycles. The van der Waals surface area contributed by atoms with Gasteiger partial charge in [0, 0.05) is 6.61 Å². The van der Waals surface area contributed by atoms with Crippen molar-refractivity contribution in [3.05, 3.63) is 12.7 Å². The number of hydrogen-bond acceptors (Lipinski definition) is 1. The van der Waals surface area contributed by atoms with Crippen LogP contribution < -0.4 is 0 Å². The van der Waals surface area contributed by atoms with E-state index in [-0.39, 0.29) is 0 Å². The van der Waals surface area contributed by atoms with Gasteiger partial charge in [0.1, 0.15) is 0 Å². The van der Waals surface area contributed by atoms with E-state index in [1.54, 1.807) is 0 Å². The van der Waals surface area contributed by atoms with Gasteiger partial charge >= 0.3 is 0 Å².